The zero-order valence-corrected chi connectivity index (χ0v) is 11.9. The van der Waals surface area contributed by atoms with Crippen LogP contribution in [0, 0.1) is 18.3 Å². The molecule has 0 atom stereocenters. The number of thiazole rings is 1. The molecule has 0 unspecified atom stereocenters. The van der Waals surface area contributed by atoms with Gasteiger partial charge in [0.2, 0.25) is 5.91 Å². The van der Waals surface area contributed by atoms with Gasteiger partial charge in [0.15, 0.2) is 5.13 Å². The Hall–Kier alpha value is -2.46. The molecule has 0 fully saturated rings. The minimum absolute atomic E-state index is 0.159. The minimum atomic E-state index is -0.159. The highest BCUT2D eigenvalue weighted by molar-refractivity contribution is 7.13. The Morgan fingerprint density at radius 3 is 2.90 bits per heavy atom. The predicted octanol–water partition coefficient (Wildman–Crippen LogP) is 1.79. The summed E-state index contributed by atoms with van der Waals surface area (Å²) in [5.74, 6) is 0.475. The molecule has 0 aliphatic carbocycles. The van der Waals surface area contributed by atoms with Crippen LogP contribution in [0.5, 0.6) is 0 Å². The van der Waals surface area contributed by atoms with Gasteiger partial charge in [0.25, 0.3) is 0 Å². The third kappa shape index (κ3) is 3.52. The van der Waals surface area contributed by atoms with E-state index in [2.05, 4.69) is 15.3 Å². The average molecular weight is 287 g/mol. The first-order valence-electron chi connectivity index (χ1n) is 5.88. The van der Waals surface area contributed by atoms with E-state index in [0.717, 1.165) is 5.69 Å². The van der Waals surface area contributed by atoms with Crippen molar-refractivity contribution in [1.82, 2.24) is 9.97 Å². The number of anilines is 2. The summed E-state index contributed by atoms with van der Waals surface area (Å²) in [6.45, 7) is 2.04. The molecule has 0 spiro atoms. The van der Waals surface area contributed by atoms with E-state index < -0.39 is 0 Å². The number of hydrogen-bond acceptors (Lipinski definition) is 6. The Balaban J connectivity index is 1.94. The molecule has 1 amide bonds. The molecule has 0 aliphatic rings. The zero-order chi connectivity index (χ0) is 14.5. The molecule has 2 rings (SSSR count). The number of nitrogens with one attached hydrogen (secondary N) is 1. The number of aryl methyl sites for hydroxylation is 1. The van der Waals surface area contributed by atoms with Crippen molar-refractivity contribution in [3.63, 3.8) is 0 Å². The number of nitriles is 1. The van der Waals surface area contributed by atoms with E-state index in [4.69, 9.17) is 5.26 Å². The SMILES string of the molecule is Cc1csc(NC(=O)CN(C)c2ccc(C#N)cn2)n1. The molecule has 2 aromatic heterocycles. The first-order valence-corrected chi connectivity index (χ1v) is 6.75. The quantitative estimate of drug-likeness (QED) is 0.927. The predicted molar refractivity (Wildman–Crippen MR) is 77.7 cm³/mol. The lowest BCUT2D eigenvalue weighted by Gasteiger charge is -2.16. The molecule has 7 heteroatoms. The second-order valence-corrected chi connectivity index (χ2v) is 5.07. The molecule has 2 aromatic rings. The van der Waals surface area contributed by atoms with Crippen LogP contribution in [0.2, 0.25) is 0 Å². The third-order valence-electron chi connectivity index (χ3n) is 2.51. The molecule has 0 aliphatic heterocycles. The van der Waals surface area contributed by atoms with Gasteiger partial charge in [-0.25, -0.2) is 9.97 Å². The van der Waals surface area contributed by atoms with Crippen LogP contribution in [0.15, 0.2) is 23.7 Å². The smallest absolute Gasteiger partial charge is 0.245 e. The van der Waals surface area contributed by atoms with Crippen LogP contribution in [-0.2, 0) is 4.79 Å². The van der Waals surface area contributed by atoms with E-state index in [1.54, 1.807) is 24.1 Å². The second kappa shape index (κ2) is 6.12. The fraction of sp³-hybridized carbons (Fsp3) is 0.231. The Labute approximate surface area is 120 Å². The highest BCUT2D eigenvalue weighted by Gasteiger charge is 2.10. The molecule has 2 heterocycles. The van der Waals surface area contributed by atoms with Crippen molar-refractivity contribution in [3.05, 3.63) is 35.0 Å². The van der Waals surface area contributed by atoms with Gasteiger partial charge in [-0.1, -0.05) is 0 Å². The lowest BCUT2D eigenvalue weighted by molar-refractivity contribution is -0.114. The van der Waals surface area contributed by atoms with Crippen molar-refractivity contribution < 1.29 is 4.79 Å². The molecular formula is C13H13N5OS. The molecule has 0 radical (unpaired) electrons. The summed E-state index contributed by atoms with van der Waals surface area (Å²) in [4.78, 5) is 21.9. The van der Waals surface area contributed by atoms with Gasteiger partial charge in [0, 0.05) is 18.6 Å². The van der Waals surface area contributed by atoms with Gasteiger partial charge in [-0.2, -0.15) is 5.26 Å². The monoisotopic (exact) mass is 287 g/mol. The standard InChI is InChI=1S/C13H13N5OS/c1-9-8-20-13(16-9)17-12(19)7-18(2)11-4-3-10(5-14)6-15-11/h3-4,6,8H,7H2,1-2H3,(H,16,17,19). The third-order valence-corrected chi connectivity index (χ3v) is 3.39. The number of rotatable bonds is 4. The fourth-order valence-corrected chi connectivity index (χ4v) is 2.25. The van der Waals surface area contributed by atoms with Crippen molar-refractivity contribution in [2.24, 2.45) is 0 Å². The van der Waals surface area contributed by atoms with Crippen LogP contribution in [0.25, 0.3) is 0 Å². The van der Waals surface area contributed by atoms with Gasteiger partial charge >= 0.3 is 0 Å². The molecule has 0 bridgehead atoms. The topological polar surface area (TPSA) is 81.9 Å². The largest absolute Gasteiger partial charge is 0.350 e. The zero-order valence-electron chi connectivity index (χ0n) is 11.1. The number of amides is 1. The van der Waals surface area contributed by atoms with Gasteiger partial charge in [0.05, 0.1) is 17.8 Å². The summed E-state index contributed by atoms with van der Waals surface area (Å²) < 4.78 is 0. The molecular weight excluding hydrogens is 274 g/mol. The Morgan fingerprint density at radius 1 is 1.55 bits per heavy atom. The van der Waals surface area contributed by atoms with E-state index in [1.165, 1.54) is 17.5 Å². The molecule has 1 N–H and O–H groups in total. The van der Waals surface area contributed by atoms with Crippen LogP contribution >= 0.6 is 11.3 Å². The van der Waals surface area contributed by atoms with Crippen molar-refractivity contribution in [2.45, 2.75) is 6.92 Å². The van der Waals surface area contributed by atoms with Crippen LogP contribution in [-0.4, -0.2) is 29.5 Å². The number of pyridine rings is 1. The second-order valence-electron chi connectivity index (χ2n) is 4.22. The van der Waals surface area contributed by atoms with Crippen LogP contribution < -0.4 is 10.2 Å². The fourth-order valence-electron chi connectivity index (χ4n) is 1.54. The van der Waals surface area contributed by atoms with Crippen molar-refractivity contribution >= 4 is 28.2 Å². The van der Waals surface area contributed by atoms with Gasteiger partial charge < -0.3 is 10.2 Å². The Bertz CT molecular complexity index is 644. The summed E-state index contributed by atoms with van der Waals surface area (Å²) in [6, 6.07) is 5.38. The number of aromatic nitrogens is 2. The molecule has 0 saturated heterocycles. The van der Waals surface area contributed by atoms with Crippen molar-refractivity contribution in [1.29, 1.82) is 5.26 Å². The summed E-state index contributed by atoms with van der Waals surface area (Å²) in [7, 11) is 1.76. The summed E-state index contributed by atoms with van der Waals surface area (Å²) in [5.41, 5.74) is 1.37. The highest BCUT2D eigenvalue weighted by Crippen LogP contribution is 2.14. The van der Waals surface area contributed by atoms with Crippen molar-refractivity contribution in [2.75, 3.05) is 23.8 Å². The first-order chi connectivity index (χ1) is 9.58. The molecule has 102 valence electrons. The summed E-state index contributed by atoms with van der Waals surface area (Å²) >= 11 is 1.39. The maximum atomic E-state index is 11.9. The maximum absolute atomic E-state index is 11.9. The first kappa shape index (κ1) is 14.0. The van der Waals surface area contributed by atoms with E-state index in [1.807, 2.05) is 18.4 Å². The number of nitrogens with zero attached hydrogens (tertiary/aromatic N) is 4. The highest BCUT2D eigenvalue weighted by atomic mass is 32.1. The van der Waals surface area contributed by atoms with Gasteiger partial charge in [-0.15, -0.1) is 11.3 Å². The van der Waals surface area contributed by atoms with Gasteiger partial charge in [-0.05, 0) is 19.1 Å². The summed E-state index contributed by atoms with van der Waals surface area (Å²) in [6.07, 6.45) is 1.48. The lowest BCUT2D eigenvalue weighted by Crippen LogP contribution is -2.30. The number of carbonyl (C=O) groups excluding carboxylic acids is 1. The molecule has 0 aromatic carbocycles. The molecule has 0 saturated carbocycles. The Kier molecular flexibility index (Phi) is 4.27. The Morgan fingerprint density at radius 2 is 2.35 bits per heavy atom. The van der Waals surface area contributed by atoms with Gasteiger partial charge in [0.1, 0.15) is 11.9 Å². The van der Waals surface area contributed by atoms with E-state index in [-0.39, 0.29) is 12.5 Å². The minimum Gasteiger partial charge on any atom is -0.350 e. The summed E-state index contributed by atoms with van der Waals surface area (Å²) in [5, 5.41) is 13.9. The normalized spacial score (nSPS) is 9.85. The molecule has 6 nitrogen and oxygen atoms in total. The van der Waals surface area contributed by atoms with Gasteiger partial charge in [-0.3, -0.25) is 4.79 Å². The molecule has 20 heavy (non-hydrogen) atoms. The number of likely N-dealkylation sites (N-methyl/N-ethyl adjacent to an activating group) is 1. The number of carbonyl (C=O) groups is 1. The van der Waals surface area contributed by atoms with Crippen molar-refractivity contribution in [3.8, 4) is 6.07 Å². The lowest BCUT2D eigenvalue weighted by atomic mass is 10.3. The maximum Gasteiger partial charge on any atom is 0.245 e. The van der Waals surface area contributed by atoms with E-state index in [0.29, 0.717) is 16.5 Å². The van der Waals surface area contributed by atoms with Crippen LogP contribution in [0.1, 0.15) is 11.3 Å². The van der Waals surface area contributed by atoms with E-state index in [9.17, 15) is 4.79 Å². The number of hydrogen-bond donors (Lipinski definition) is 1. The van der Waals surface area contributed by atoms with E-state index >= 15 is 0 Å². The van der Waals surface area contributed by atoms with Crippen LogP contribution in [0.4, 0.5) is 10.9 Å². The average Bonchev–Trinajstić information content (AvgIpc) is 2.84. The van der Waals surface area contributed by atoms with Crippen LogP contribution in [0.3, 0.4) is 0 Å².